The first-order chi connectivity index (χ1) is 10.6. The van der Waals surface area contributed by atoms with Gasteiger partial charge in [0.2, 0.25) is 5.91 Å². The molecule has 0 bridgehead atoms. The molecule has 0 spiro atoms. The van der Waals surface area contributed by atoms with Crippen LogP contribution in [0.2, 0.25) is 10.0 Å². The van der Waals surface area contributed by atoms with Crippen molar-refractivity contribution < 1.29 is 4.79 Å². The summed E-state index contributed by atoms with van der Waals surface area (Å²) in [7, 11) is 0. The molecule has 114 valence electrons. The summed E-state index contributed by atoms with van der Waals surface area (Å²) in [4.78, 5) is 11.4. The van der Waals surface area contributed by atoms with E-state index in [1.54, 1.807) is 6.92 Å². The second-order valence-electron chi connectivity index (χ2n) is 5.69. The summed E-state index contributed by atoms with van der Waals surface area (Å²) in [5.41, 5.74) is 3.62. The zero-order chi connectivity index (χ0) is 15.7. The number of nitrogens with one attached hydrogen (secondary N) is 1. The molecule has 0 aliphatic heterocycles. The molecule has 0 saturated heterocycles. The van der Waals surface area contributed by atoms with Crippen molar-refractivity contribution in [3.63, 3.8) is 0 Å². The summed E-state index contributed by atoms with van der Waals surface area (Å²) in [6.45, 7) is 1.56. The first kappa shape index (κ1) is 15.4. The van der Waals surface area contributed by atoms with E-state index in [0.717, 1.165) is 12.8 Å². The lowest BCUT2D eigenvalue weighted by Gasteiger charge is -2.32. The molecule has 1 aliphatic carbocycles. The lowest BCUT2D eigenvalue weighted by molar-refractivity contribution is -0.119. The number of benzene rings is 2. The van der Waals surface area contributed by atoms with Gasteiger partial charge in [-0.1, -0.05) is 53.5 Å². The number of carbonyl (C=O) groups excluding carboxylic acids is 1. The van der Waals surface area contributed by atoms with E-state index in [9.17, 15) is 4.79 Å². The standard InChI is InChI=1S/C18H17Cl2NO/c1-11(22)21-18-9-7-13(14-4-2-3-5-15(14)18)12-6-8-16(19)17(20)10-12/h2-6,8,10,13,18H,7,9H2,1H3,(H,21,22)/t13-,18-/m0/s1. The Morgan fingerprint density at radius 2 is 1.77 bits per heavy atom. The lowest BCUT2D eigenvalue weighted by atomic mass is 9.77. The maximum atomic E-state index is 11.4. The molecule has 1 aliphatic rings. The van der Waals surface area contributed by atoms with Crippen LogP contribution in [0.1, 0.15) is 48.4 Å². The highest BCUT2D eigenvalue weighted by atomic mass is 35.5. The molecule has 22 heavy (non-hydrogen) atoms. The maximum absolute atomic E-state index is 11.4. The van der Waals surface area contributed by atoms with Crippen molar-refractivity contribution in [2.24, 2.45) is 0 Å². The topological polar surface area (TPSA) is 29.1 Å². The van der Waals surface area contributed by atoms with Crippen LogP contribution in [0.25, 0.3) is 0 Å². The fourth-order valence-electron chi connectivity index (χ4n) is 3.26. The lowest BCUT2D eigenvalue weighted by Crippen LogP contribution is -2.30. The number of hydrogen-bond acceptors (Lipinski definition) is 1. The van der Waals surface area contributed by atoms with Crippen molar-refractivity contribution >= 4 is 29.1 Å². The number of fused-ring (bicyclic) bond motifs is 1. The third-order valence-electron chi connectivity index (χ3n) is 4.21. The van der Waals surface area contributed by atoms with Crippen molar-refractivity contribution in [1.29, 1.82) is 0 Å². The molecule has 4 heteroatoms. The molecule has 0 saturated carbocycles. The fraction of sp³-hybridized carbons (Fsp3) is 0.278. The SMILES string of the molecule is CC(=O)N[C@H]1CC[C@@H](c2ccc(Cl)c(Cl)c2)c2ccccc21. The minimum atomic E-state index is 0.00721. The predicted molar refractivity (Wildman–Crippen MR) is 90.5 cm³/mol. The van der Waals surface area contributed by atoms with Gasteiger partial charge in [0.15, 0.2) is 0 Å². The van der Waals surface area contributed by atoms with Crippen molar-refractivity contribution in [3.8, 4) is 0 Å². The van der Waals surface area contributed by atoms with Crippen molar-refractivity contribution in [1.82, 2.24) is 5.32 Å². The summed E-state index contributed by atoms with van der Waals surface area (Å²) >= 11 is 12.2. The Labute approximate surface area is 140 Å². The summed E-state index contributed by atoms with van der Waals surface area (Å²) in [5.74, 6) is 0.295. The highest BCUT2D eigenvalue weighted by Gasteiger charge is 2.28. The number of rotatable bonds is 2. The van der Waals surface area contributed by atoms with Crippen LogP contribution in [0.15, 0.2) is 42.5 Å². The third-order valence-corrected chi connectivity index (χ3v) is 4.95. The van der Waals surface area contributed by atoms with Gasteiger partial charge in [-0.3, -0.25) is 4.79 Å². The summed E-state index contributed by atoms with van der Waals surface area (Å²) in [6.07, 6.45) is 1.89. The monoisotopic (exact) mass is 333 g/mol. The molecule has 0 heterocycles. The van der Waals surface area contributed by atoms with Gasteiger partial charge in [0.25, 0.3) is 0 Å². The molecule has 0 radical (unpaired) electrons. The van der Waals surface area contributed by atoms with E-state index in [1.807, 2.05) is 30.3 Å². The Bertz CT molecular complexity index is 714. The first-order valence-corrected chi connectivity index (χ1v) is 8.12. The van der Waals surface area contributed by atoms with E-state index >= 15 is 0 Å². The molecule has 0 unspecified atom stereocenters. The van der Waals surface area contributed by atoms with Crippen LogP contribution in [0.4, 0.5) is 0 Å². The number of amides is 1. The van der Waals surface area contributed by atoms with Crippen LogP contribution in [0.5, 0.6) is 0 Å². The van der Waals surface area contributed by atoms with E-state index < -0.39 is 0 Å². The number of carbonyl (C=O) groups is 1. The molecule has 2 aromatic rings. The van der Waals surface area contributed by atoms with Gasteiger partial charge in [-0.2, -0.15) is 0 Å². The van der Waals surface area contributed by atoms with E-state index in [-0.39, 0.29) is 17.9 Å². The van der Waals surface area contributed by atoms with Crippen LogP contribution in [-0.4, -0.2) is 5.91 Å². The molecule has 3 rings (SSSR count). The molecule has 0 aromatic heterocycles. The van der Waals surface area contributed by atoms with E-state index in [1.165, 1.54) is 16.7 Å². The van der Waals surface area contributed by atoms with E-state index in [0.29, 0.717) is 10.0 Å². The van der Waals surface area contributed by atoms with Crippen LogP contribution in [0.3, 0.4) is 0 Å². The molecule has 2 aromatic carbocycles. The highest BCUT2D eigenvalue weighted by Crippen LogP contribution is 2.42. The normalized spacial score (nSPS) is 20.3. The van der Waals surface area contributed by atoms with Gasteiger partial charge in [0.05, 0.1) is 16.1 Å². The Morgan fingerprint density at radius 1 is 1.05 bits per heavy atom. The Balaban J connectivity index is 2.00. The zero-order valence-electron chi connectivity index (χ0n) is 12.3. The van der Waals surface area contributed by atoms with Crippen LogP contribution < -0.4 is 5.32 Å². The minimum absolute atomic E-state index is 0.00721. The predicted octanol–water partition coefficient (Wildman–Crippen LogP) is 5.10. The molecule has 1 N–H and O–H groups in total. The second-order valence-corrected chi connectivity index (χ2v) is 6.50. The van der Waals surface area contributed by atoms with Gasteiger partial charge in [-0.25, -0.2) is 0 Å². The zero-order valence-corrected chi connectivity index (χ0v) is 13.8. The molecule has 2 atom stereocenters. The van der Waals surface area contributed by atoms with Gasteiger partial charge < -0.3 is 5.32 Å². The fourth-order valence-corrected chi connectivity index (χ4v) is 3.57. The molecular formula is C18H17Cl2NO. The summed E-state index contributed by atoms with van der Waals surface area (Å²) in [6, 6.07) is 14.2. The Hall–Kier alpha value is -1.51. The number of hydrogen-bond donors (Lipinski definition) is 1. The van der Waals surface area contributed by atoms with Gasteiger partial charge in [-0.05, 0) is 41.7 Å². The Morgan fingerprint density at radius 3 is 2.45 bits per heavy atom. The average molecular weight is 334 g/mol. The summed E-state index contributed by atoms with van der Waals surface area (Å²) in [5, 5.41) is 4.20. The first-order valence-electron chi connectivity index (χ1n) is 7.37. The largest absolute Gasteiger partial charge is 0.350 e. The van der Waals surface area contributed by atoms with Gasteiger partial charge in [-0.15, -0.1) is 0 Å². The minimum Gasteiger partial charge on any atom is -0.350 e. The number of halogens is 2. The van der Waals surface area contributed by atoms with Gasteiger partial charge in [0, 0.05) is 12.8 Å². The molecule has 0 fully saturated rings. The van der Waals surface area contributed by atoms with Gasteiger partial charge in [0.1, 0.15) is 0 Å². The van der Waals surface area contributed by atoms with Crippen molar-refractivity contribution in [2.75, 3.05) is 0 Å². The average Bonchev–Trinajstić information content (AvgIpc) is 2.50. The van der Waals surface area contributed by atoms with E-state index in [2.05, 4.69) is 17.4 Å². The van der Waals surface area contributed by atoms with E-state index in [4.69, 9.17) is 23.2 Å². The van der Waals surface area contributed by atoms with Crippen LogP contribution >= 0.6 is 23.2 Å². The smallest absolute Gasteiger partial charge is 0.217 e. The molecular weight excluding hydrogens is 317 g/mol. The second kappa shape index (κ2) is 6.31. The third kappa shape index (κ3) is 2.99. The summed E-state index contributed by atoms with van der Waals surface area (Å²) < 4.78 is 0. The van der Waals surface area contributed by atoms with Crippen LogP contribution in [0, 0.1) is 0 Å². The molecule has 1 amide bonds. The van der Waals surface area contributed by atoms with Gasteiger partial charge >= 0.3 is 0 Å². The van der Waals surface area contributed by atoms with Crippen molar-refractivity contribution in [3.05, 3.63) is 69.2 Å². The maximum Gasteiger partial charge on any atom is 0.217 e. The van der Waals surface area contributed by atoms with Crippen molar-refractivity contribution in [2.45, 2.75) is 31.7 Å². The quantitative estimate of drug-likeness (QED) is 0.814. The molecule has 2 nitrogen and oxygen atoms in total. The van der Waals surface area contributed by atoms with Crippen LogP contribution in [-0.2, 0) is 4.79 Å². The highest BCUT2D eigenvalue weighted by molar-refractivity contribution is 6.42. The Kier molecular flexibility index (Phi) is 4.42.